The molecule has 1 N–H and O–H groups in total. The Labute approximate surface area is 136 Å². The van der Waals surface area contributed by atoms with E-state index in [1.54, 1.807) is 6.07 Å². The van der Waals surface area contributed by atoms with E-state index in [4.69, 9.17) is 9.47 Å². The van der Waals surface area contributed by atoms with Crippen LogP contribution >= 0.6 is 0 Å². The third-order valence-corrected chi connectivity index (χ3v) is 5.49. The molecule has 2 aliphatic heterocycles. The summed E-state index contributed by atoms with van der Waals surface area (Å²) in [5, 5.41) is 0. The van der Waals surface area contributed by atoms with Crippen molar-refractivity contribution >= 4 is 11.5 Å². The Morgan fingerprint density at radius 2 is 2.04 bits per heavy atom. The van der Waals surface area contributed by atoms with Crippen molar-refractivity contribution in [3.05, 3.63) is 22.5 Å². The van der Waals surface area contributed by atoms with Crippen molar-refractivity contribution in [3.8, 4) is 0 Å². The molecule has 1 aromatic rings. The van der Waals surface area contributed by atoms with E-state index in [2.05, 4.69) is 27.8 Å². The normalized spacial score (nSPS) is 27.1. The number of pyridine rings is 1. The fourth-order valence-corrected chi connectivity index (χ4v) is 4.04. The van der Waals surface area contributed by atoms with Crippen LogP contribution in [0.3, 0.4) is 0 Å². The molecule has 6 nitrogen and oxygen atoms in total. The molecular weight excluding hydrogens is 294 g/mol. The highest BCUT2D eigenvalue weighted by molar-refractivity contribution is 5.57. The highest BCUT2D eigenvalue weighted by Gasteiger charge is 2.45. The molecule has 0 amide bonds. The third kappa shape index (κ3) is 2.64. The van der Waals surface area contributed by atoms with E-state index in [-0.39, 0.29) is 11.1 Å². The van der Waals surface area contributed by atoms with Crippen molar-refractivity contribution in [2.24, 2.45) is 0 Å². The standard InChI is InChI=1S/C17H25N3O3/c1-13-11-22-7-5-19(13)14-9-15(18-16(21)10-14)20-6-8-23-12-17(20)3-2-4-17/h9-10,13H,2-8,11-12H2,1H3,(H,18,21). The number of ether oxygens (including phenoxy) is 2. The van der Waals surface area contributed by atoms with Crippen molar-refractivity contribution in [1.29, 1.82) is 0 Å². The summed E-state index contributed by atoms with van der Waals surface area (Å²) in [6, 6.07) is 4.13. The van der Waals surface area contributed by atoms with Gasteiger partial charge in [0.05, 0.1) is 32.0 Å². The number of hydrogen-bond donors (Lipinski definition) is 1. The van der Waals surface area contributed by atoms with Gasteiger partial charge in [-0.2, -0.15) is 0 Å². The number of nitrogens with one attached hydrogen (secondary N) is 1. The predicted octanol–water partition coefficient (Wildman–Crippen LogP) is 1.36. The molecule has 4 rings (SSSR count). The molecule has 1 atom stereocenters. The van der Waals surface area contributed by atoms with Gasteiger partial charge in [0, 0.05) is 37.0 Å². The number of H-pyrrole nitrogens is 1. The Hall–Kier alpha value is -1.53. The lowest BCUT2D eigenvalue weighted by atomic mass is 9.75. The minimum absolute atomic E-state index is 0.0304. The van der Waals surface area contributed by atoms with Crippen molar-refractivity contribution in [2.45, 2.75) is 37.8 Å². The van der Waals surface area contributed by atoms with E-state index < -0.39 is 0 Å². The van der Waals surface area contributed by atoms with Gasteiger partial charge in [-0.3, -0.25) is 4.79 Å². The second-order valence-electron chi connectivity index (χ2n) is 6.99. The average molecular weight is 319 g/mol. The quantitative estimate of drug-likeness (QED) is 0.892. The van der Waals surface area contributed by atoms with Crippen LogP contribution < -0.4 is 15.4 Å². The Balaban J connectivity index is 1.67. The van der Waals surface area contributed by atoms with E-state index in [0.29, 0.717) is 19.3 Å². The molecule has 1 saturated carbocycles. The summed E-state index contributed by atoms with van der Waals surface area (Å²) in [5.41, 5.74) is 1.06. The van der Waals surface area contributed by atoms with E-state index >= 15 is 0 Å². The number of rotatable bonds is 2. The molecule has 0 aromatic carbocycles. The number of aromatic amines is 1. The smallest absolute Gasteiger partial charge is 0.251 e. The molecule has 23 heavy (non-hydrogen) atoms. The number of morpholine rings is 2. The van der Waals surface area contributed by atoms with Crippen LogP contribution in [0.5, 0.6) is 0 Å². The van der Waals surface area contributed by atoms with Gasteiger partial charge in [-0.05, 0) is 26.2 Å². The van der Waals surface area contributed by atoms with E-state index in [9.17, 15) is 4.79 Å². The van der Waals surface area contributed by atoms with Crippen molar-refractivity contribution < 1.29 is 9.47 Å². The first-order valence-electron chi connectivity index (χ1n) is 8.62. The molecule has 3 fully saturated rings. The summed E-state index contributed by atoms with van der Waals surface area (Å²) in [6.45, 7) is 6.74. The highest BCUT2D eigenvalue weighted by Crippen LogP contribution is 2.42. The Morgan fingerprint density at radius 3 is 2.78 bits per heavy atom. The van der Waals surface area contributed by atoms with Gasteiger partial charge in [-0.1, -0.05) is 0 Å². The van der Waals surface area contributed by atoms with Crippen LogP contribution in [0.25, 0.3) is 0 Å². The molecule has 3 aliphatic rings. The van der Waals surface area contributed by atoms with Crippen molar-refractivity contribution in [3.63, 3.8) is 0 Å². The molecule has 1 spiro atoms. The van der Waals surface area contributed by atoms with Gasteiger partial charge in [0.15, 0.2) is 0 Å². The lowest BCUT2D eigenvalue weighted by Crippen LogP contribution is -2.61. The fourth-order valence-electron chi connectivity index (χ4n) is 4.04. The minimum atomic E-state index is -0.0304. The predicted molar refractivity (Wildman–Crippen MR) is 89.4 cm³/mol. The Bertz CT molecular complexity index is 626. The molecule has 3 heterocycles. The van der Waals surface area contributed by atoms with E-state index in [1.807, 2.05) is 0 Å². The first-order chi connectivity index (χ1) is 11.2. The molecule has 2 saturated heterocycles. The van der Waals surface area contributed by atoms with Crippen LogP contribution in [0.2, 0.25) is 0 Å². The van der Waals surface area contributed by atoms with Gasteiger partial charge in [0.1, 0.15) is 5.82 Å². The van der Waals surface area contributed by atoms with Crippen molar-refractivity contribution in [2.75, 3.05) is 49.3 Å². The molecule has 1 unspecified atom stereocenters. The molecular formula is C17H25N3O3. The topological polar surface area (TPSA) is 57.8 Å². The van der Waals surface area contributed by atoms with Gasteiger partial charge >= 0.3 is 0 Å². The second kappa shape index (κ2) is 5.83. The van der Waals surface area contributed by atoms with Crippen LogP contribution in [0.15, 0.2) is 16.9 Å². The summed E-state index contributed by atoms with van der Waals surface area (Å²) in [5.74, 6) is 0.939. The SMILES string of the molecule is CC1COCCN1c1cc(N2CCOCC23CCC3)[nH]c(=O)c1. The van der Waals surface area contributed by atoms with Crippen LogP contribution in [0, 0.1) is 0 Å². The largest absolute Gasteiger partial charge is 0.377 e. The van der Waals surface area contributed by atoms with Gasteiger partial charge in [-0.25, -0.2) is 0 Å². The molecule has 1 aliphatic carbocycles. The van der Waals surface area contributed by atoms with Gasteiger partial charge < -0.3 is 24.3 Å². The first kappa shape index (κ1) is 15.0. The van der Waals surface area contributed by atoms with Crippen LogP contribution in [-0.4, -0.2) is 56.1 Å². The van der Waals surface area contributed by atoms with E-state index in [0.717, 1.165) is 50.7 Å². The summed E-state index contributed by atoms with van der Waals surface area (Å²) >= 11 is 0. The summed E-state index contributed by atoms with van der Waals surface area (Å²) in [6.07, 6.45) is 3.53. The van der Waals surface area contributed by atoms with Gasteiger partial charge in [0.25, 0.3) is 5.56 Å². The zero-order valence-electron chi connectivity index (χ0n) is 13.7. The number of nitrogens with zero attached hydrogens (tertiary/aromatic N) is 2. The van der Waals surface area contributed by atoms with Crippen molar-refractivity contribution in [1.82, 2.24) is 4.98 Å². The van der Waals surface area contributed by atoms with Crippen LogP contribution in [0.1, 0.15) is 26.2 Å². The molecule has 6 heteroatoms. The lowest BCUT2D eigenvalue weighted by molar-refractivity contribution is 0.0129. The third-order valence-electron chi connectivity index (χ3n) is 5.49. The Morgan fingerprint density at radius 1 is 1.22 bits per heavy atom. The molecule has 0 bridgehead atoms. The monoisotopic (exact) mass is 319 g/mol. The number of aromatic nitrogens is 1. The molecule has 1 aromatic heterocycles. The lowest BCUT2D eigenvalue weighted by Gasteiger charge is -2.53. The zero-order valence-corrected chi connectivity index (χ0v) is 13.7. The van der Waals surface area contributed by atoms with Crippen LogP contribution in [-0.2, 0) is 9.47 Å². The average Bonchev–Trinajstić information content (AvgIpc) is 2.53. The van der Waals surface area contributed by atoms with E-state index in [1.165, 1.54) is 6.42 Å². The summed E-state index contributed by atoms with van der Waals surface area (Å²) < 4.78 is 11.2. The second-order valence-corrected chi connectivity index (χ2v) is 6.99. The zero-order chi connectivity index (χ0) is 15.9. The maximum absolute atomic E-state index is 12.2. The first-order valence-corrected chi connectivity index (χ1v) is 8.62. The fraction of sp³-hybridized carbons (Fsp3) is 0.706. The van der Waals surface area contributed by atoms with Crippen LogP contribution in [0.4, 0.5) is 11.5 Å². The van der Waals surface area contributed by atoms with Gasteiger partial charge in [0.2, 0.25) is 0 Å². The maximum Gasteiger partial charge on any atom is 0.251 e. The summed E-state index contributed by atoms with van der Waals surface area (Å²) in [4.78, 5) is 19.9. The Kier molecular flexibility index (Phi) is 3.81. The number of hydrogen-bond acceptors (Lipinski definition) is 5. The molecule has 0 radical (unpaired) electrons. The molecule has 126 valence electrons. The number of anilines is 2. The highest BCUT2D eigenvalue weighted by atomic mass is 16.5. The maximum atomic E-state index is 12.2. The minimum Gasteiger partial charge on any atom is -0.377 e. The van der Waals surface area contributed by atoms with Gasteiger partial charge in [-0.15, -0.1) is 0 Å². The summed E-state index contributed by atoms with van der Waals surface area (Å²) in [7, 11) is 0.